The minimum Gasteiger partial charge on any atom is -0.504 e. The Morgan fingerprint density at radius 1 is 0.790 bits per heavy atom. The number of carbonyl (C=O) groups excluding carboxylic acids is 6. The van der Waals surface area contributed by atoms with Crippen molar-refractivity contribution in [2.45, 2.75) is 132 Å². The number of likely N-dealkylation sites (tertiary alicyclic amines) is 3. The van der Waals surface area contributed by atoms with Crippen LogP contribution in [0.2, 0.25) is 5.02 Å². The topological polar surface area (TPSA) is 246 Å². The lowest BCUT2D eigenvalue weighted by atomic mass is 9.48. The summed E-state index contributed by atoms with van der Waals surface area (Å²) in [5, 5.41) is 32.5. The van der Waals surface area contributed by atoms with Crippen LogP contribution in [0, 0.1) is 18.8 Å². The van der Waals surface area contributed by atoms with Crippen molar-refractivity contribution in [1.82, 2.24) is 30.7 Å². The maximum atomic E-state index is 14.2. The number of primary amides is 1. The highest BCUT2D eigenvalue weighted by molar-refractivity contribution is 6.31. The van der Waals surface area contributed by atoms with E-state index in [1.165, 1.54) is 5.56 Å². The normalized spacial score (nSPS) is 23.5. The molecule has 5 atom stereocenters. The van der Waals surface area contributed by atoms with E-state index in [-0.39, 0.29) is 73.7 Å². The molecule has 1 saturated carbocycles. The molecule has 2 bridgehead atoms. The molecule has 2 unspecified atom stereocenters. The van der Waals surface area contributed by atoms with Gasteiger partial charge in [-0.25, -0.2) is 0 Å². The number of phenols is 1. The highest BCUT2D eigenvalue weighted by Crippen LogP contribution is 2.65. The van der Waals surface area contributed by atoms with Crippen LogP contribution in [0.1, 0.15) is 116 Å². The third-order valence-electron chi connectivity index (χ3n) is 18.3. The van der Waals surface area contributed by atoms with Crippen molar-refractivity contribution >= 4 is 52.7 Å². The second-order valence-electron chi connectivity index (χ2n) is 23.5. The van der Waals surface area contributed by atoms with E-state index in [4.69, 9.17) is 31.5 Å². The minimum atomic E-state index is -1.05. The fourth-order valence-electron chi connectivity index (χ4n) is 13.8. The number of carbonyl (C=O) groups is 6. The maximum Gasteiger partial charge on any atom is 0.248 e. The lowest BCUT2D eigenvalue weighted by molar-refractivity contribution is -0.187. The van der Waals surface area contributed by atoms with Crippen molar-refractivity contribution in [3.63, 3.8) is 0 Å². The van der Waals surface area contributed by atoms with Gasteiger partial charge in [-0.15, -0.1) is 0 Å². The van der Waals surface area contributed by atoms with Crippen molar-refractivity contribution in [3.05, 3.63) is 87.4 Å². The molecule has 3 saturated heterocycles. The number of aromatic hydroxyl groups is 1. The molecule has 440 valence electrons. The number of unbranched alkanes of at least 4 members (excludes halogenated alkanes) is 4. The summed E-state index contributed by atoms with van der Waals surface area (Å²) in [6, 6.07) is 16.4. The average Bonchev–Trinajstić information content (AvgIpc) is 1.76. The van der Waals surface area contributed by atoms with E-state index in [9.17, 15) is 39.0 Å². The number of ether oxygens (including phenoxy) is 3. The van der Waals surface area contributed by atoms with E-state index in [1.54, 1.807) is 23.1 Å². The number of rotatable bonds is 26. The Morgan fingerprint density at radius 3 is 2.14 bits per heavy atom. The highest BCUT2D eigenvalue weighted by atomic mass is 35.5. The number of piperidine rings is 3. The molecule has 3 aromatic rings. The zero-order valence-corrected chi connectivity index (χ0v) is 48.0. The van der Waals surface area contributed by atoms with Crippen LogP contribution in [-0.4, -0.2) is 177 Å². The van der Waals surface area contributed by atoms with Gasteiger partial charge in [-0.3, -0.25) is 28.8 Å². The summed E-state index contributed by atoms with van der Waals surface area (Å²) >= 11 is 6.56. The largest absolute Gasteiger partial charge is 0.504 e. The molecular weight excluding hydrogens is 1060 g/mol. The number of nitrogens with two attached hydrogens (primary N) is 1. The van der Waals surface area contributed by atoms with Gasteiger partial charge in [0.15, 0.2) is 11.5 Å². The van der Waals surface area contributed by atoms with E-state index in [2.05, 4.69) is 25.8 Å². The molecule has 4 heterocycles. The predicted molar refractivity (Wildman–Crippen MR) is 306 cm³/mol. The molecular formula is C61H83ClN8O11. The Hall–Kier alpha value is -5.83. The zero-order valence-electron chi connectivity index (χ0n) is 47.2. The standard InChI is InChI=1S/C61H83ClN8O11/c1-40-9-15-46(35-47(40)62)70(27-8-26-68-28-18-42(19-29-68)33-41-10-12-43(13-11-41)58(63)76)59(77)44-20-30-69(31-21-44)54(75)39-80-37-52(73)65-25-7-5-3-4-6-24-64-51(72)36-79-38-53(74)66-48-17-22-61(78)50-34-45-14-16-49(71)56-55(45)60(61,57(48)81-56)23-32-67(50)2/h9-16,35,42,44,48,50,57,71,78H,3-8,17-34,36-39H2,1-2H3,(H2,63,76)(H,64,72)(H,65,73)(H,66,74)/t48-,50?,57?,60-,61+/m0/s1. The van der Waals surface area contributed by atoms with Crippen molar-refractivity contribution in [2.75, 3.05) is 97.3 Å². The average molecular weight is 1140 g/mol. The summed E-state index contributed by atoms with van der Waals surface area (Å²) in [4.78, 5) is 85.1. The molecule has 6 amide bonds. The van der Waals surface area contributed by atoms with E-state index in [0.717, 1.165) is 106 Å². The summed E-state index contributed by atoms with van der Waals surface area (Å²) in [5.41, 5.74) is 9.02. The lowest BCUT2D eigenvalue weighted by Crippen LogP contribution is -2.77. The second kappa shape index (κ2) is 27.0. The predicted octanol–water partition coefficient (Wildman–Crippen LogP) is 4.55. The molecule has 2 aliphatic carbocycles. The Labute approximate surface area is 480 Å². The van der Waals surface area contributed by atoms with Crippen LogP contribution in [0.4, 0.5) is 5.69 Å². The molecule has 0 aromatic heterocycles. The van der Waals surface area contributed by atoms with Gasteiger partial charge in [0.1, 0.15) is 32.5 Å². The summed E-state index contributed by atoms with van der Waals surface area (Å²) in [7, 11) is 2.04. The molecule has 1 spiro atoms. The van der Waals surface area contributed by atoms with Gasteiger partial charge in [0.05, 0.1) is 17.1 Å². The summed E-state index contributed by atoms with van der Waals surface area (Å²) < 4.78 is 17.5. The number of amides is 6. The molecule has 6 aliphatic rings. The maximum absolute atomic E-state index is 14.2. The lowest BCUT2D eigenvalue weighted by Gasteiger charge is -2.63. The fourth-order valence-corrected chi connectivity index (χ4v) is 13.9. The first-order chi connectivity index (χ1) is 39.0. The molecule has 4 fully saturated rings. The SMILES string of the molecule is Cc1ccc(N(CCCN2CCC(Cc3ccc(C(N)=O)cc3)CC2)C(=O)C2CCN(C(=O)COCC(=O)NCCCCCCCNC(=O)COCC(=O)N[C@H]3CC[C@@]4(O)C5Cc6ccc(O)c7c6[C@@]4(CCN5C)C3O7)CC2)cc1Cl. The van der Waals surface area contributed by atoms with Crippen molar-refractivity contribution in [2.24, 2.45) is 17.6 Å². The monoisotopic (exact) mass is 1140 g/mol. The number of phenolic OH excluding ortho intramolecular Hbond substituents is 1. The molecule has 0 radical (unpaired) electrons. The number of hydrogen-bond donors (Lipinski definition) is 6. The van der Waals surface area contributed by atoms with Gasteiger partial charge in [-0.05, 0) is 170 Å². The molecule has 19 nitrogen and oxygen atoms in total. The minimum absolute atomic E-state index is 0.0392. The number of aliphatic hydroxyl groups is 1. The van der Waals surface area contributed by atoms with Gasteiger partial charge >= 0.3 is 0 Å². The molecule has 20 heteroatoms. The van der Waals surface area contributed by atoms with Crippen LogP contribution in [0.5, 0.6) is 11.5 Å². The van der Waals surface area contributed by atoms with Gasteiger partial charge in [0, 0.05) is 66.5 Å². The zero-order chi connectivity index (χ0) is 57.3. The number of nitrogens with zero attached hydrogens (tertiary/aromatic N) is 4. The number of anilines is 1. The van der Waals surface area contributed by atoms with Crippen LogP contribution in [0.25, 0.3) is 0 Å². The third kappa shape index (κ3) is 13.8. The third-order valence-corrected chi connectivity index (χ3v) is 18.7. The first-order valence-corrected chi connectivity index (χ1v) is 29.8. The molecule has 4 aliphatic heterocycles. The van der Waals surface area contributed by atoms with Gasteiger partial charge in [-0.2, -0.15) is 0 Å². The number of hydrogen-bond acceptors (Lipinski definition) is 13. The first-order valence-electron chi connectivity index (χ1n) is 29.4. The van der Waals surface area contributed by atoms with E-state index in [1.807, 2.05) is 55.3 Å². The summed E-state index contributed by atoms with van der Waals surface area (Å²) in [6.45, 7) is 6.94. The molecule has 9 rings (SSSR count). The number of nitrogens with one attached hydrogen (secondary N) is 3. The quantitative estimate of drug-likeness (QED) is 0.0605. The Balaban J connectivity index is 0.589. The summed E-state index contributed by atoms with van der Waals surface area (Å²) in [5.74, 6) is -0.775. The molecule has 3 aromatic carbocycles. The van der Waals surface area contributed by atoms with Gasteiger partial charge in [0.25, 0.3) is 0 Å². The van der Waals surface area contributed by atoms with Crippen LogP contribution >= 0.6 is 11.6 Å². The van der Waals surface area contributed by atoms with Crippen molar-refractivity contribution in [1.29, 1.82) is 0 Å². The van der Waals surface area contributed by atoms with Crippen molar-refractivity contribution in [3.8, 4) is 11.5 Å². The van der Waals surface area contributed by atoms with Crippen LogP contribution in [0.3, 0.4) is 0 Å². The number of likely N-dealkylation sites (N-methyl/N-ethyl adjacent to an activating group) is 1. The Kier molecular flexibility index (Phi) is 20.0. The number of benzene rings is 3. The summed E-state index contributed by atoms with van der Waals surface area (Å²) in [6.07, 6.45) is 11.0. The second-order valence-corrected chi connectivity index (χ2v) is 23.9. The molecule has 81 heavy (non-hydrogen) atoms. The van der Waals surface area contributed by atoms with E-state index >= 15 is 0 Å². The van der Waals surface area contributed by atoms with Gasteiger partial charge in [0.2, 0.25) is 35.4 Å². The number of halogens is 1. The fraction of sp³-hybridized carbons (Fsp3) is 0.607. The van der Waals surface area contributed by atoms with E-state index < -0.39 is 29.1 Å². The van der Waals surface area contributed by atoms with Gasteiger partial charge in [-0.1, -0.05) is 55.1 Å². The van der Waals surface area contributed by atoms with E-state index in [0.29, 0.717) is 93.5 Å². The molecule has 7 N–H and O–H groups in total. The van der Waals surface area contributed by atoms with Gasteiger partial charge < -0.3 is 65.7 Å². The van der Waals surface area contributed by atoms with Crippen LogP contribution in [0.15, 0.2) is 54.6 Å². The first kappa shape index (κ1) is 59.8. The van der Waals surface area contributed by atoms with Crippen molar-refractivity contribution < 1.29 is 53.2 Å². The Morgan fingerprint density at radius 2 is 1.46 bits per heavy atom. The Bertz CT molecular complexity index is 2730. The van der Waals surface area contributed by atoms with Crippen LogP contribution in [-0.2, 0) is 51.7 Å². The highest BCUT2D eigenvalue weighted by Gasteiger charge is 2.72. The smallest absolute Gasteiger partial charge is 0.248 e. The number of aryl methyl sites for hydroxylation is 1. The van der Waals surface area contributed by atoms with Crippen LogP contribution < -0.4 is 31.3 Å².